The van der Waals surface area contributed by atoms with Crippen LogP contribution < -0.4 is 0 Å². The largest absolute Gasteiger partial charge is 0.449 e. The lowest BCUT2D eigenvalue weighted by molar-refractivity contribution is -0.143. The summed E-state index contributed by atoms with van der Waals surface area (Å²) in [6, 6.07) is 7.57. The first-order valence-electron chi connectivity index (χ1n) is 7.12. The summed E-state index contributed by atoms with van der Waals surface area (Å²) in [5.74, 6) is -0.443. The fraction of sp³-hybridized carbons (Fsp3) is 0.118. The zero-order chi connectivity index (χ0) is 16.9. The SMILES string of the molecule is C[C@@H](OC(=O)/C=C/c1ccsc1)c1nnc(-c2ccc(F)cc2)o1. The van der Waals surface area contributed by atoms with Crippen LogP contribution in [-0.2, 0) is 9.53 Å². The van der Waals surface area contributed by atoms with Crippen molar-refractivity contribution in [3.63, 3.8) is 0 Å². The molecular weight excluding hydrogens is 331 g/mol. The van der Waals surface area contributed by atoms with Crippen molar-refractivity contribution in [2.45, 2.75) is 13.0 Å². The summed E-state index contributed by atoms with van der Waals surface area (Å²) >= 11 is 1.54. The number of halogens is 1. The lowest BCUT2D eigenvalue weighted by atomic mass is 10.2. The van der Waals surface area contributed by atoms with E-state index in [1.165, 1.54) is 30.3 Å². The average Bonchev–Trinajstić information content (AvgIpc) is 3.25. The summed E-state index contributed by atoms with van der Waals surface area (Å²) in [6.45, 7) is 1.64. The van der Waals surface area contributed by atoms with Crippen LogP contribution in [-0.4, -0.2) is 16.2 Å². The van der Waals surface area contributed by atoms with Crippen LogP contribution in [0.1, 0.15) is 24.5 Å². The lowest BCUT2D eigenvalue weighted by Gasteiger charge is -2.06. The van der Waals surface area contributed by atoms with E-state index in [2.05, 4.69) is 10.2 Å². The molecule has 0 saturated carbocycles. The minimum Gasteiger partial charge on any atom is -0.449 e. The van der Waals surface area contributed by atoms with Crippen LogP contribution in [0.4, 0.5) is 4.39 Å². The molecule has 0 amide bonds. The number of nitrogens with zero attached hydrogens (tertiary/aromatic N) is 2. The van der Waals surface area contributed by atoms with Crippen molar-refractivity contribution in [2.24, 2.45) is 0 Å². The molecule has 0 unspecified atom stereocenters. The highest BCUT2D eigenvalue weighted by Gasteiger charge is 2.18. The zero-order valence-corrected chi connectivity index (χ0v) is 13.5. The quantitative estimate of drug-likeness (QED) is 0.511. The molecule has 122 valence electrons. The highest BCUT2D eigenvalue weighted by molar-refractivity contribution is 7.08. The molecule has 0 N–H and O–H groups in total. The normalized spacial score (nSPS) is 12.4. The number of hydrogen-bond donors (Lipinski definition) is 0. The van der Waals surface area contributed by atoms with Crippen molar-refractivity contribution in [1.82, 2.24) is 10.2 Å². The Labute approximate surface area is 141 Å². The molecule has 0 saturated heterocycles. The summed E-state index contributed by atoms with van der Waals surface area (Å²) in [5.41, 5.74) is 1.52. The van der Waals surface area contributed by atoms with Gasteiger partial charge in [0.1, 0.15) is 5.82 Å². The van der Waals surface area contributed by atoms with E-state index in [0.717, 1.165) is 5.56 Å². The monoisotopic (exact) mass is 344 g/mol. The Hall–Kier alpha value is -2.80. The maximum absolute atomic E-state index is 12.9. The zero-order valence-electron chi connectivity index (χ0n) is 12.7. The summed E-state index contributed by atoms with van der Waals surface area (Å²) in [5, 5.41) is 11.6. The van der Waals surface area contributed by atoms with E-state index < -0.39 is 12.1 Å². The number of hydrogen-bond acceptors (Lipinski definition) is 6. The molecule has 7 heteroatoms. The number of carbonyl (C=O) groups is 1. The molecule has 3 rings (SSSR count). The van der Waals surface area contributed by atoms with Gasteiger partial charge in [0.25, 0.3) is 5.89 Å². The van der Waals surface area contributed by atoms with Crippen LogP contribution in [0.5, 0.6) is 0 Å². The Balaban J connectivity index is 1.64. The van der Waals surface area contributed by atoms with Gasteiger partial charge in [-0.1, -0.05) is 0 Å². The molecule has 1 aromatic carbocycles. The maximum Gasteiger partial charge on any atom is 0.331 e. The van der Waals surface area contributed by atoms with Crippen molar-refractivity contribution in [1.29, 1.82) is 0 Å². The van der Waals surface area contributed by atoms with Gasteiger partial charge in [0.05, 0.1) is 0 Å². The van der Waals surface area contributed by atoms with Crippen molar-refractivity contribution in [3.05, 3.63) is 64.4 Å². The minimum absolute atomic E-state index is 0.173. The molecule has 0 bridgehead atoms. The second kappa shape index (κ2) is 7.18. The van der Waals surface area contributed by atoms with Gasteiger partial charge in [0.2, 0.25) is 5.89 Å². The van der Waals surface area contributed by atoms with Gasteiger partial charge in [0, 0.05) is 11.6 Å². The molecule has 0 fully saturated rings. The first-order valence-corrected chi connectivity index (χ1v) is 8.06. The van der Waals surface area contributed by atoms with Crippen molar-refractivity contribution < 1.29 is 18.3 Å². The van der Waals surface area contributed by atoms with Gasteiger partial charge in [-0.15, -0.1) is 10.2 Å². The first-order chi connectivity index (χ1) is 11.6. The summed E-state index contributed by atoms with van der Waals surface area (Å²) < 4.78 is 23.6. The van der Waals surface area contributed by atoms with Crippen LogP contribution in [0.15, 0.2) is 51.6 Å². The second-order valence-electron chi connectivity index (χ2n) is 4.92. The van der Waals surface area contributed by atoms with Gasteiger partial charge in [-0.2, -0.15) is 11.3 Å². The molecule has 0 spiro atoms. The smallest absolute Gasteiger partial charge is 0.331 e. The van der Waals surface area contributed by atoms with Crippen LogP contribution in [0.3, 0.4) is 0 Å². The molecule has 2 heterocycles. The third kappa shape index (κ3) is 3.94. The molecule has 2 aromatic heterocycles. The predicted molar refractivity (Wildman–Crippen MR) is 87.6 cm³/mol. The Morgan fingerprint density at radius 2 is 2.08 bits per heavy atom. The predicted octanol–water partition coefficient (Wildman–Crippen LogP) is 4.25. The van der Waals surface area contributed by atoms with Crippen LogP contribution >= 0.6 is 11.3 Å². The van der Waals surface area contributed by atoms with Crippen LogP contribution in [0.25, 0.3) is 17.5 Å². The number of ether oxygens (including phenoxy) is 1. The van der Waals surface area contributed by atoms with E-state index in [1.54, 1.807) is 24.3 Å². The molecule has 1 atom stereocenters. The Kier molecular flexibility index (Phi) is 4.81. The Morgan fingerprint density at radius 3 is 2.79 bits per heavy atom. The summed E-state index contributed by atoms with van der Waals surface area (Å²) in [6.07, 6.45) is 2.32. The number of rotatable bonds is 5. The molecule has 0 radical (unpaired) electrons. The van der Waals surface area contributed by atoms with Crippen molar-refractivity contribution in [3.8, 4) is 11.5 Å². The first kappa shape index (κ1) is 16.1. The van der Waals surface area contributed by atoms with E-state index in [-0.39, 0.29) is 17.6 Å². The number of aromatic nitrogens is 2. The van der Waals surface area contributed by atoms with Crippen molar-refractivity contribution >= 4 is 23.4 Å². The molecular formula is C17H13FN2O3S. The van der Waals surface area contributed by atoms with Gasteiger partial charge in [-0.3, -0.25) is 0 Å². The van der Waals surface area contributed by atoms with E-state index in [1.807, 2.05) is 16.8 Å². The van der Waals surface area contributed by atoms with Crippen LogP contribution in [0.2, 0.25) is 0 Å². The fourth-order valence-corrected chi connectivity index (χ4v) is 2.53. The highest BCUT2D eigenvalue weighted by Crippen LogP contribution is 2.22. The standard InChI is InChI=1S/C17H13FN2O3S/c1-11(22-15(21)7-2-12-8-9-24-10-12)16-19-20-17(23-16)13-3-5-14(18)6-4-13/h2-11H,1H3/b7-2+/t11-/m1/s1. The summed E-state index contributed by atoms with van der Waals surface area (Å²) in [7, 11) is 0. The number of thiophene rings is 1. The van der Waals surface area contributed by atoms with Crippen LogP contribution in [0, 0.1) is 5.82 Å². The fourth-order valence-electron chi connectivity index (χ4n) is 1.91. The third-order valence-electron chi connectivity index (χ3n) is 3.13. The maximum atomic E-state index is 12.9. The lowest BCUT2D eigenvalue weighted by Crippen LogP contribution is -2.06. The topological polar surface area (TPSA) is 65.2 Å². The van der Waals surface area contributed by atoms with E-state index >= 15 is 0 Å². The molecule has 0 aliphatic carbocycles. The molecule has 24 heavy (non-hydrogen) atoms. The van der Waals surface area contributed by atoms with Gasteiger partial charge in [-0.25, -0.2) is 9.18 Å². The second-order valence-corrected chi connectivity index (χ2v) is 5.70. The van der Waals surface area contributed by atoms with Gasteiger partial charge in [0.15, 0.2) is 6.10 Å². The number of esters is 1. The summed E-state index contributed by atoms with van der Waals surface area (Å²) in [4.78, 5) is 11.8. The molecule has 0 aliphatic rings. The number of benzene rings is 1. The highest BCUT2D eigenvalue weighted by atomic mass is 32.1. The molecule has 0 aliphatic heterocycles. The average molecular weight is 344 g/mol. The van der Waals surface area contributed by atoms with E-state index in [9.17, 15) is 9.18 Å². The molecule has 5 nitrogen and oxygen atoms in total. The van der Waals surface area contributed by atoms with Gasteiger partial charge < -0.3 is 9.15 Å². The van der Waals surface area contributed by atoms with Gasteiger partial charge in [-0.05, 0) is 59.7 Å². The third-order valence-corrected chi connectivity index (χ3v) is 3.83. The van der Waals surface area contributed by atoms with Crippen molar-refractivity contribution in [2.75, 3.05) is 0 Å². The minimum atomic E-state index is -0.689. The van der Waals surface area contributed by atoms with Gasteiger partial charge >= 0.3 is 5.97 Å². The van der Waals surface area contributed by atoms with E-state index in [4.69, 9.17) is 9.15 Å². The Bertz CT molecular complexity index is 841. The number of carbonyl (C=O) groups excluding carboxylic acids is 1. The molecule has 3 aromatic rings. The Morgan fingerprint density at radius 1 is 1.29 bits per heavy atom. The van der Waals surface area contributed by atoms with E-state index in [0.29, 0.717) is 5.56 Å².